The predicted molar refractivity (Wildman–Crippen MR) is 56.2 cm³/mol. The van der Waals surface area contributed by atoms with Crippen LogP contribution in [0.25, 0.3) is 0 Å². The van der Waals surface area contributed by atoms with E-state index in [9.17, 15) is 8.42 Å². The van der Waals surface area contributed by atoms with Crippen LogP contribution in [0.2, 0.25) is 0 Å². The van der Waals surface area contributed by atoms with Gasteiger partial charge in [-0.15, -0.1) is 0 Å². The molecule has 72 valence electrons. The van der Waals surface area contributed by atoms with E-state index in [1.807, 2.05) is 13.8 Å². The van der Waals surface area contributed by atoms with Crippen LogP contribution in [-0.2, 0) is 10.0 Å². The molecule has 1 rings (SSSR count). The first-order valence-corrected chi connectivity index (χ1v) is 5.60. The van der Waals surface area contributed by atoms with Crippen LogP contribution in [0.1, 0.15) is 13.8 Å². The summed E-state index contributed by atoms with van der Waals surface area (Å²) in [6, 6.07) is -0.127. The van der Waals surface area contributed by atoms with Crippen LogP contribution in [-0.4, -0.2) is 26.7 Å². The monoisotopic (exact) mass is 199 g/mol. The van der Waals surface area contributed by atoms with Crippen molar-refractivity contribution in [3.05, 3.63) is 23.6 Å². The Hall–Kier alpha value is -0.545. The van der Waals surface area contributed by atoms with Gasteiger partial charge >= 0.3 is 0 Å². The Morgan fingerprint density at radius 1 is 1.46 bits per heavy atom. The van der Waals surface area contributed by atoms with E-state index < -0.39 is 10.0 Å². The highest BCUT2D eigenvalue weighted by molar-refractivity contribution is 7.94. The van der Waals surface area contributed by atoms with Crippen molar-refractivity contribution in [1.29, 1.82) is 0 Å². The van der Waals surface area contributed by atoms with Crippen LogP contribution in [0.4, 0.5) is 0 Å². The molecule has 1 fully saturated rings. The Morgan fingerprint density at radius 2 is 1.92 bits per heavy atom. The van der Waals surface area contributed by atoms with Gasteiger partial charge in [0.1, 0.15) is 0 Å². The molecule has 1 atom stereocenters. The SMILES string of the molecule is BN1C(C(C)C)C(=C)C(=C)S1(=O)=O. The third kappa shape index (κ3) is 1.36. The molecule has 0 aromatic rings. The van der Waals surface area contributed by atoms with E-state index in [0.29, 0.717) is 5.57 Å². The normalized spacial score (nSPS) is 28.7. The fourth-order valence-electron chi connectivity index (χ4n) is 1.70. The quantitative estimate of drug-likeness (QED) is 0.568. The number of hydrogen-bond acceptors (Lipinski definition) is 2. The van der Waals surface area contributed by atoms with E-state index in [1.54, 1.807) is 7.98 Å². The van der Waals surface area contributed by atoms with Gasteiger partial charge in [0.2, 0.25) is 18.0 Å². The van der Waals surface area contributed by atoms with Gasteiger partial charge in [-0.05, 0) is 11.5 Å². The minimum absolute atomic E-state index is 0.127. The molecule has 13 heavy (non-hydrogen) atoms. The highest BCUT2D eigenvalue weighted by Gasteiger charge is 2.41. The Kier molecular flexibility index (Phi) is 2.43. The lowest BCUT2D eigenvalue weighted by Gasteiger charge is -2.21. The summed E-state index contributed by atoms with van der Waals surface area (Å²) >= 11 is 0. The van der Waals surface area contributed by atoms with E-state index in [2.05, 4.69) is 13.2 Å². The molecule has 1 aliphatic heterocycles. The fraction of sp³-hybridized carbons (Fsp3) is 0.500. The van der Waals surface area contributed by atoms with Crippen molar-refractivity contribution in [3.63, 3.8) is 0 Å². The van der Waals surface area contributed by atoms with Crippen LogP contribution < -0.4 is 0 Å². The second-order valence-corrected chi connectivity index (χ2v) is 5.68. The van der Waals surface area contributed by atoms with Crippen LogP contribution in [0.15, 0.2) is 23.6 Å². The molecule has 1 heterocycles. The molecule has 3 nitrogen and oxygen atoms in total. The van der Waals surface area contributed by atoms with Crippen molar-refractivity contribution in [2.75, 3.05) is 0 Å². The molecule has 5 heteroatoms. The van der Waals surface area contributed by atoms with Crippen molar-refractivity contribution in [2.24, 2.45) is 5.92 Å². The lowest BCUT2D eigenvalue weighted by Crippen LogP contribution is -2.34. The number of sulfonamides is 1. The molecule has 1 aliphatic rings. The van der Waals surface area contributed by atoms with Gasteiger partial charge in [0, 0.05) is 6.04 Å². The lowest BCUT2D eigenvalue weighted by molar-refractivity contribution is 0.423. The molecule has 0 bridgehead atoms. The van der Waals surface area contributed by atoms with Crippen molar-refractivity contribution >= 4 is 18.0 Å². The zero-order valence-corrected chi connectivity index (χ0v) is 9.06. The maximum absolute atomic E-state index is 11.6. The molecular weight excluding hydrogens is 185 g/mol. The average Bonchev–Trinajstić information content (AvgIpc) is 2.14. The highest BCUT2D eigenvalue weighted by Crippen LogP contribution is 2.35. The molecule has 0 spiro atoms. The molecule has 0 amide bonds. The molecule has 0 aromatic heterocycles. The molecule has 0 radical (unpaired) electrons. The largest absolute Gasteiger partial charge is 0.239 e. The van der Waals surface area contributed by atoms with Gasteiger partial charge in [0.05, 0.1) is 4.91 Å². The molecule has 0 aliphatic carbocycles. The van der Waals surface area contributed by atoms with Gasteiger partial charge in [0.15, 0.2) is 0 Å². The van der Waals surface area contributed by atoms with Crippen LogP contribution >= 0.6 is 0 Å². The van der Waals surface area contributed by atoms with Crippen molar-refractivity contribution < 1.29 is 8.42 Å². The van der Waals surface area contributed by atoms with Crippen LogP contribution in [0, 0.1) is 5.92 Å². The van der Waals surface area contributed by atoms with E-state index >= 15 is 0 Å². The van der Waals surface area contributed by atoms with Crippen LogP contribution in [0.5, 0.6) is 0 Å². The molecular formula is C8H14BNO2S. The Bertz CT molecular complexity index is 358. The first kappa shape index (κ1) is 10.5. The summed E-state index contributed by atoms with van der Waals surface area (Å²) < 4.78 is 24.5. The molecule has 0 aromatic carbocycles. The first-order chi connectivity index (χ1) is 5.80. The van der Waals surface area contributed by atoms with Gasteiger partial charge in [-0.25, -0.2) is 12.6 Å². The summed E-state index contributed by atoms with van der Waals surface area (Å²) in [4.78, 5) is 0.161. The summed E-state index contributed by atoms with van der Waals surface area (Å²) in [5, 5.41) is 0. The average molecular weight is 199 g/mol. The standard InChI is InChI=1S/C8H14BNO2S/c1-5(2)8-6(3)7(4)13(11,12)10(8)9/h5,8H,3-4,9H2,1-2H3. The van der Waals surface area contributed by atoms with Crippen molar-refractivity contribution in [1.82, 2.24) is 4.22 Å². The topological polar surface area (TPSA) is 37.4 Å². The second kappa shape index (κ2) is 2.99. The second-order valence-electron chi connectivity index (χ2n) is 3.66. The summed E-state index contributed by atoms with van der Waals surface area (Å²) in [7, 11) is -1.73. The zero-order chi connectivity index (χ0) is 10.4. The Labute approximate surface area is 80.6 Å². The molecule has 0 N–H and O–H groups in total. The fourth-order valence-corrected chi connectivity index (χ4v) is 3.16. The van der Waals surface area contributed by atoms with Gasteiger partial charge in [-0.2, -0.15) is 0 Å². The van der Waals surface area contributed by atoms with Gasteiger partial charge in [-0.3, -0.25) is 0 Å². The maximum atomic E-state index is 11.6. The predicted octanol–water partition coefficient (Wildman–Crippen LogP) is 0.274. The summed E-state index contributed by atoms with van der Waals surface area (Å²) in [6.07, 6.45) is 0. The highest BCUT2D eigenvalue weighted by atomic mass is 32.2. The van der Waals surface area contributed by atoms with E-state index in [4.69, 9.17) is 0 Å². The minimum atomic E-state index is -3.31. The van der Waals surface area contributed by atoms with Crippen molar-refractivity contribution in [3.8, 4) is 0 Å². The first-order valence-electron chi connectivity index (χ1n) is 4.16. The lowest BCUT2D eigenvalue weighted by atomic mass is 9.95. The molecule has 1 unspecified atom stereocenters. The zero-order valence-electron chi connectivity index (χ0n) is 8.24. The summed E-state index contributed by atoms with van der Waals surface area (Å²) in [5.74, 6) is 0.228. The molecule has 0 saturated carbocycles. The van der Waals surface area contributed by atoms with Gasteiger partial charge in [0.25, 0.3) is 0 Å². The number of nitrogens with zero attached hydrogens (tertiary/aromatic N) is 1. The van der Waals surface area contributed by atoms with Crippen molar-refractivity contribution in [2.45, 2.75) is 19.9 Å². The maximum Gasteiger partial charge on any atom is 0.232 e. The van der Waals surface area contributed by atoms with Gasteiger partial charge < -0.3 is 0 Å². The Morgan fingerprint density at radius 3 is 2.08 bits per heavy atom. The molecule has 1 saturated heterocycles. The minimum Gasteiger partial charge on any atom is -0.239 e. The van der Waals surface area contributed by atoms with E-state index in [1.165, 1.54) is 4.22 Å². The number of hydrogen-bond donors (Lipinski definition) is 0. The third-order valence-corrected chi connectivity index (χ3v) is 4.30. The van der Waals surface area contributed by atoms with E-state index in [0.717, 1.165) is 0 Å². The summed E-state index contributed by atoms with van der Waals surface area (Å²) in [5.41, 5.74) is 0.623. The smallest absolute Gasteiger partial charge is 0.232 e. The Balaban J connectivity index is 3.22. The summed E-state index contributed by atoms with van der Waals surface area (Å²) in [6.45, 7) is 11.3. The van der Waals surface area contributed by atoms with E-state index in [-0.39, 0.29) is 16.9 Å². The number of rotatable bonds is 1. The third-order valence-electron chi connectivity index (χ3n) is 2.43. The van der Waals surface area contributed by atoms with Gasteiger partial charge in [-0.1, -0.05) is 27.0 Å². The van der Waals surface area contributed by atoms with Crippen LogP contribution in [0.3, 0.4) is 0 Å².